The van der Waals surface area contributed by atoms with Crippen LogP contribution in [0.4, 0.5) is 0 Å². The van der Waals surface area contributed by atoms with Crippen molar-refractivity contribution in [2.45, 2.75) is 10.8 Å². The van der Waals surface area contributed by atoms with E-state index in [9.17, 15) is 4.79 Å². The number of H-pyrrole nitrogens is 1. The lowest BCUT2D eigenvalue weighted by Crippen LogP contribution is -2.27. The van der Waals surface area contributed by atoms with Crippen LogP contribution in [-0.2, 0) is 11.2 Å². The number of thioether (sulfide) groups is 1. The molecule has 1 amide bonds. The molecule has 106 valence electrons. The van der Waals surface area contributed by atoms with E-state index in [1.54, 1.807) is 12.3 Å². The Morgan fingerprint density at radius 3 is 3.05 bits per heavy atom. The van der Waals surface area contributed by atoms with Crippen LogP contribution in [0.15, 0.2) is 22.7 Å². The Morgan fingerprint density at radius 1 is 1.55 bits per heavy atom. The molecule has 0 radical (unpaired) electrons. The first-order valence-corrected chi connectivity index (χ1v) is 8.28. The molecule has 0 saturated heterocycles. The van der Waals surface area contributed by atoms with Crippen molar-refractivity contribution in [2.75, 3.05) is 12.3 Å². The van der Waals surface area contributed by atoms with Gasteiger partial charge in [-0.25, -0.2) is 4.98 Å². The van der Waals surface area contributed by atoms with E-state index in [2.05, 4.69) is 20.5 Å². The first-order chi connectivity index (χ1) is 9.63. The van der Waals surface area contributed by atoms with Crippen LogP contribution in [0.5, 0.6) is 0 Å². The molecule has 0 spiro atoms. The number of aromatic nitrogens is 3. The highest BCUT2D eigenvalue weighted by Crippen LogP contribution is 2.19. The van der Waals surface area contributed by atoms with Crippen LogP contribution in [0.25, 0.3) is 0 Å². The van der Waals surface area contributed by atoms with E-state index < -0.39 is 0 Å². The van der Waals surface area contributed by atoms with E-state index in [-0.39, 0.29) is 5.91 Å². The van der Waals surface area contributed by atoms with Crippen molar-refractivity contribution in [2.24, 2.45) is 0 Å². The summed E-state index contributed by atoms with van der Waals surface area (Å²) < 4.78 is 1.38. The lowest BCUT2D eigenvalue weighted by molar-refractivity contribution is -0.118. The number of hydrogen-bond donors (Lipinski definition) is 2. The van der Waals surface area contributed by atoms with Crippen LogP contribution >= 0.6 is 46.9 Å². The Bertz CT molecular complexity index is 625. The maximum Gasteiger partial charge on any atom is 0.230 e. The Morgan fingerprint density at radius 2 is 2.40 bits per heavy atom. The van der Waals surface area contributed by atoms with Gasteiger partial charge in [-0.05, 0) is 30.3 Å². The van der Waals surface area contributed by atoms with Crippen molar-refractivity contribution in [3.63, 3.8) is 0 Å². The van der Waals surface area contributed by atoms with Crippen LogP contribution in [0.1, 0.15) is 5.56 Å². The monoisotopic (exact) mass is 346 g/mol. The summed E-state index contributed by atoms with van der Waals surface area (Å²) in [7, 11) is 0. The summed E-state index contributed by atoms with van der Waals surface area (Å²) in [6, 6.07) is 3.63. The van der Waals surface area contributed by atoms with E-state index in [0.29, 0.717) is 21.4 Å². The van der Waals surface area contributed by atoms with E-state index in [1.165, 1.54) is 23.1 Å². The maximum absolute atomic E-state index is 11.6. The molecule has 5 nitrogen and oxygen atoms in total. The molecule has 2 aromatic heterocycles. The third-order valence-corrected chi connectivity index (χ3v) is 4.73. The van der Waals surface area contributed by atoms with Crippen molar-refractivity contribution in [3.8, 4) is 0 Å². The molecule has 0 atom stereocenters. The van der Waals surface area contributed by atoms with Crippen molar-refractivity contribution >= 4 is 52.8 Å². The third-order valence-electron chi connectivity index (χ3n) is 2.27. The van der Waals surface area contributed by atoms with Gasteiger partial charge in [0.15, 0.2) is 8.29 Å². The summed E-state index contributed by atoms with van der Waals surface area (Å²) in [6.07, 6.45) is 2.43. The highest BCUT2D eigenvalue weighted by Gasteiger charge is 2.05. The molecular formula is C11H11ClN4OS3. The predicted molar refractivity (Wildman–Crippen MR) is 84.0 cm³/mol. The average Bonchev–Trinajstić information content (AvgIpc) is 2.85. The number of carbonyl (C=O) groups is 1. The fourth-order valence-corrected chi connectivity index (χ4v) is 3.38. The van der Waals surface area contributed by atoms with Crippen molar-refractivity contribution < 1.29 is 4.79 Å². The summed E-state index contributed by atoms with van der Waals surface area (Å²) in [4.78, 5) is 15.6. The molecule has 0 bridgehead atoms. The molecule has 2 aromatic rings. The zero-order valence-corrected chi connectivity index (χ0v) is 13.5. The van der Waals surface area contributed by atoms with Crippen LogP contribution in [0, 0.1) is 3.95 Å². The second-order valence-corrected chi connectivity index (χ2v) is 7.03. The quantitative estimate of drug-likeness (QED) is 0.478. The smallest absolute Gasteiger partial charge is 0.230 e. The highest BCUT2D eigenvalue weighted by atomic mass is 35.5. The Kier molecular flexibility index (Phi) is 5.96. The summed E-state index contributed by atoms with van der Waals surface area (Å²) >= 11 is 13.3. The molecule has 2 heterocycles. The number of amides is 1. The van der Waals surface area contributed by atoms with Crippen molar-refractivity contribution in [3.05, 3.63) is 33.0 Å². The molecule has 0 fully saturated rings. The number of aromatic amines is 1. The fraction of sp³-hybridized carbons (Fsp3) is 0.273. The van der Waals surface area contributed by atoms with Gasteiger partial charge >= 0.3 is 0 Å². The second-order valence-electron chi connectivity index (χ2n) is 3.76. The van der Waals surface area contributed by atoms with Crippen LogP contribution in [-0.4, -0.2) is 33.4 Å². The van der Waals surface area contributed by atoms with Gasteiger partial charge in [-0.3, -0.25) is 9.89 Å². The molecule has 2 rings (SSSR count). The standard InChI is InChI=1S/C11H11ClN4OS3/c12-8-2-1-7(5-14-8)3-4-13-9(17)6-19-11-16-15-10(18)20-11/h1-2,5H,3-4,6H2,(H,13,17)(H,15,18). The lowest BCUT2D eigenvalue weighted by Gasteiger charge is -2.04. The molecular weight excluding hydrogens is 336 g/mol. The molecule has 0 aromatic carbocycles. The summed E-state index contributed by atoms with van der Waals surface area (Å²) in [6.45, 7) is 0.568. The lowest BCUT2D eigenvalue weighted by atomic mass is 10.2. The molecule has 0 unspecified atom stereocenters. The van der Waals surface area contributed by atoms with Gasteiger partial charge in [0.05, 0.1) is 5.75 Å². The maximum atomic E-state index is 11.6. The second kappa shape index (κ2) is 7.72. The van der Waals surface area contributed by atoms with Crippen molar-refractivity contribution in [1.82, 2.24) is 20.5 Å². The van der Waals surface area contributed by atoms with E-state index in [1.807, 2.05) is 6.07 Å². The summed E-state index contributed by atoms with van der Waals surface area (Å²) in [5.41, 5.74) is 1.03. The first-order valence-electron chi connectivity index (χ1n) is 5.69. The minimum Gasteiger partial charge on any atom is -0.355 e. The van der Waals surface area contributed by atoms with Gasteiger partial charge in [-0.15, -0.1) is 0 Å². The largest absolute Gasteiger partial charge is 0.355 e. The van der Waals surface area contributed by atoms with Gasteiger partial charge in [0.1, 0.15) is 5.15 Å². The van der Waals surface area contributed by atoms with Gasteiger partial charge in [0, 0.05) is 12.7 Å². The third kappa shape index (κ3) is 5.20. The number of pyridine rings is 1. The zero-order chi connectivity index (χ0) is 14.4. The number of hydrogen-bond acceptors (Lipinski definition) is 6. The Hall–Kier alpha value is -0.960. The van der Waals surface area contributed by atoms with Crippen LogP contribution in [0.3, 0.4) is 0 Å². The van der Waals surface area contributed by atoms with Crippen LogP contribution < -0.4 is 5.32 Å². The van der Waals surface area contributed by atoms with E-state index >= 15 is 0 Å². The molecule has 0 saturated carbocycles. The zero-order valence-electron chi connectivity index (χ0n) is 10.3. The average molecular weight is 347 g/mol. The van der Waals surface area contributed by atoms with E-state index in [4.69, 9.17) is 23.8 Å². The van der Waals surface area contributed by atoms with Gasteiger partial charge in [0.2, 0.25) is 5.91 Å². The SMILES string of the molecule is O=C(CSc1n[nH]c(=S)s1)NCCc1ccc(Cl)nc1. The minimum atomic E-state index is -0.0296. The Labute approximate surface area is 134 Å². The highest BCUT2D eigenvalue weighted by molar-refractivity contribution is 8.01. The first kappa shape index (κ1) is 15.4. The Balaban J connectivity index is 1.67. The molecule has 20 heavy (non-hydrogen) atoms. The number of rotatable bonds is 6. The van der Waals surface area contributed by atoms with E-state index in [0.717, 1.165) is 16.3 Å². The normalized spacial score (nSPS) is 10.4. The molecule has 2 N–H and O–H groups in total. The molecule has 0 aliphatic rings. The molecule has 9 heteroatoms. The number of halogens is 1. The number of nitrogens with zero attached hydrogens (tertiary/aromatic N) is 2. The number of nitrogens with one attached hydrogen (secondary N) is 2. The van der Waals surface area contributed by atoms with Gasteiger partial charge in [-0.1, -0.05) is 40.8 Å². The van der Waals surface area contributed by atoms with Gasteiger partial charge in [0.25, 0.3) is 0 Å². The molecule has 0 aliphatic carbocycles. The van der Waals surface area contributed by atoms with Gasteiger partial charge < -0.3 is 5.32 Å². The van der Waals surface area contributed by atoms with Crippen LogP contribution in [0.2, 0.25) is 5.15 Å². The topological polar surface area (TPSA) is 70.7 Å². The number of carbonyl (C=O) groups excluding carboxylic acids is 1. The molecule has 0 aliphatic heterocycles. The van der Waals surface area contributed by atoms with Crippen molar-refractivity contribution in [1.29, 1.82) is 0 Å². The van der Waals surface area contributed by atoms with Gasteiger partial charge in [-0.2, -0.15) is 5.10 Å². The predicted octanol–water partition coefficient (Wildman–Crippen LogP) is 2.70. The summed E-state index contributed by atoms with van der Waals surface area (Å²) in [5.74, 6) is 0.299. The fourth-order valence-electron chi connectivity index (χ4n) is 1.36. The minimum absolute atomic E-state index is 0.0296. The summed E-state index contributed by atoms with van der Waals surface area (Å²) in [5, 5.41) is 9.96.